The molecule has 3 nitrogen and oxygen atoms in total. The minimum absolute atomic E-state index is 0.456. The van der Waals surface area contributed by atoms with Crippen molar-refractivity contribution in [3.05, 3.63) is 30.3 Å². The molecule has 0 unspecified atom stereocenters. The molecule has 2 N–H and O–H groups in total. The van der Waals surface area contributed by atoms with Gasteiger partial charge in [0.05, 0.1) is 6.61 Å². The topological polar surface area (TPSA) is 33.3 Å². The summed E-state index contributed by atoms with van der Waals surface area (Å²) in [5, 5.41) is 4.21. The van der Waals surface area contributed by atoms with Crippen LogP contribution in [-0.2, 0) is 4.84 Å². The van der Waals surface area contributed by atoms with E-state index in [2.05, 4.69) is 26.7 Å². The van der Waals surface area contributed by atoms with E-state index in [0.29, 0.717) is 11.7 Å². The van der Waals surface area contributed by atoms with Crippen molar-refractivity contribution < 1.29 is 4.84 Å². The third-order valence-corrected chi connectivity index (χ3v) is 1.88. The van der Waals surface area contributed by atoms with Crippen molar-refractivity contribution in [3.63, 3.8) is 0 Å². The minimum atomic E-state index is 0.456. The molecule has 14 heavy (non-hydrogen) atoms. The Labute approximate surface area is 96.9 Å². The van der Waals surface area contributed by atoms with E-state index in [1.165, 1.54) is 0 Å². The first-order valence-electron chi connectivity index (χ1n) is 4.12. The molecular weight excluding hydrogens is 264 g/mol. The van der Waals surface area contributed by atoms with Crippen molar-refractivity contribution in [2.24, 2.45) is 0 Å². The van der Waals surface area contributed by atoms with Gasteiger partial charge in [0.2, 0.25) is 0 Å². The molecule has 0 radical (unpaired) electrons. The predicted octanol–water partition coefficient (Wildman–Crippen LogP) is 2.30. The molecule has 0 aromatic heterocycles. The zero-order valence-electron chi connectivity index (χ0n) is 7.50. The Kier molecular flexibility index (Phi) is 5.51. The van der Waals surface area contributed by atoms with Crippen molar-refractivity contribution in [2.75, 3.05) is 17.3 Å². The quantitative estimate of drug-likeness (QED) is 0.382. The number of alkyl halides is 1. The zero-order valence-corrected chi connectivity index (χ0v) is 9.90. The summed E-state index contributed by atoms with van der Waals surface area (Å²) in [5.74, 6) is 0. The van der Waals surface area contributed by atoms with E-state index in [1.807, 2.05) is 30.3 Å². The summed E-state index contributed by atoms with van der Waals surface area (Å²) in [4.78, 5) is 5.02. The Bertz CT molecular complexity index is 281. The molecule has 0 fully saturated rings. The summed E-state index contributed by atoms with van der Waals surface area (Å²) in [6, 6.07) is 9.68. The van der Waals surface area contributed by atoms with Gasteiger partial charge >= 0.3 is 0 Å². The Hall–Kier alpha value is -0.650. The van der Waals surface area contributed by atoms with Gasteiger partial charge in [0, 0.05) is 11.0 Å². The molecule has 0 saturated heterocycles. The van der Waals surface area contributed by atoms with Crippen LogP contribution >= 0.6 is 28.1 Å². The van der Waals surface area contributed by atoms with Crippen LogP contribution in [0.3, 0.4) is 0 Å². The molecule has 1 rings (SSSR count). The number of thiocarbonyl (C=S) groups is 1. The molecular formula is C9H11BrN2OS. The fraction of sp³-hybridized carbons (Fsp3) is 0.222. The Morgan fingerprint density at radius 1 is 1.36 bits per heavy atom. The van der Waals surface area contributed by atoms with Crippen LogP contribution in [0.4, 0.5) is 5.69 Å². The van der Waals surface area contributed by atoms with Gasteiger partial charge in [-0.05, 0) is 24.4 Å². The van der Waals surface area contributed by atoms with E-state index in [4.69, 9.17) is 17.1 Å². The van der Waals surface area contributed by atoms with Crippen LogP contribution in [0.5, 0.6) is 0 Å². The number of rotatable bonds is 4. The van der Waals surface area contributed by atoms with E-state index in [9.17, 15) is 0 Å². The first kappa shape index (κ1) is 11.4. The number of hydroxylamine groups is 1. The lowest BCUT2D eigenvalue weighted by atomic mass is 10.3. The summed E-state index contributed by atoms with van der Waals surface area (Å²) in [6.45, 7) is 0.566. The minimum Gasteiger partial charge on any atom is -0.331 e. The fourth-order valence-corrected chi connectivity index (χ4v) is 1.17. The summed E-state index contributed by atoms with van der Waals surface area (Å²) in [7, 11) is 0. The number of benzene rings is 1. The zero-order chi connectivity index (χ0) is 10.2. The molecule has 0 aliphatic rings. The van der Waals surface area contributed by atoms with Crippen molar-refractivity contribution >= 4 is 38.9 Å². The SMILES string of the molecule is S=C(NOCCBr)Nc1ccccc1. The van der Waals surface area contributed by atoms with Gasteiger partial charge in [-0.15, -0.1) is 0 Å². The van der Waals surface area contributed by atoms with E-state index in [0.717, 1.165) is 11.0 Å². The highest BCUT2D eigenvalue weighted by Gasteiger charge is 1.95. The molecule has 0 spiro atoms. The molecule has 1 aromatic rings. The van der Waals surface area contributed by atoms with E-state index in [1.54, 1.807) is 0 Å². The van der Waals surface area contributed by atoms with Crippen LogP contribution in [0, 0.1) is 0 Å². The highest BCUT2D eigenvalue weighted by atomic mass is 79.9. The highest BCUT2D eigenvalue weighted by Crippen LogP contribution is 2.04. The number of anilines is 1. The van der Waals surface area contributed by atoms with Gasteiger partial charge in [0.1, 0.15) is 0 Å². The lowest BCUT2D eigenvalue weighted by Crippen LogP contribution is -2.29. The average molecular weight is 275 g/mol. The first-order valence-corrected chi connectivity index (χ1v) is 5.65. The molecule has 1 aromatic carbocycles. The Balaban J connectivity index is 2.27. The highest BCUT2D eigenvalue weighted by molar-refractivity contribution is 9.09. The van der Waals surface area contributed by atoms with Gasteiger partial charge in [-0.25, -0.2) is 5.48 Å². The molecule has 0 saturated carbocycles. The van der Waals surface area contributed by atoms with Crippen LogP contribution < -0.4 is 10.8 Å². The molecule has 0 aliphatic carbocycles. The van der Waals surface area contributed by atoms with Gasteiger partial charge in [0.15, 0.2) is 5.11 Å². The summed E-state index contributed by atoms with van der Waals surface area (Å²) in [5.41, 5.74) is 3.56. The summed E-state index contributed by atoms with van der Waals surface area (Å²) in [6.07, 6.45) is 0. The molecule has 76 valence electrons. The lowest BCUT2D eigenvalue weighted by Gasteiger charge is -2.09. The number of para-hydroxylation sites is 1. The Morgan fingerprint density at radius 3 is 2.71 bits per heavy atom. The van der Waals surface area contributed by atoms with Crippen LogP contribution in [-0.4, -0.2) is 17.0 Å². The molecule has 0 amide bonds. The lowest BCUT2D eigenvalue weighted by molar-refractivity contribution is 0.101. The number of halogens is 1. The smallest absolute Gasteiger partial charge is 0.195 e. The second-order valence-corrected chi connectivity index (χ2v) is 3.66. The molecule has 0 heterocycles. The van der Waals surface area contributed by atoms with E-state index >= 15 is 0 Å². The van der Waals surface area contributed by atoms with E-state index in [-0.39, 0.29) is 0 Å². The Morgan fingerprint density at radius 2 is 2.07 bits per heavy atom. The number of nitrogens with one attached hydrogen (secondary N) is 2. The number of hydrogen-bond acceptors (Lipinski definition) is 2. The molecule has 5 heteroatoms. The third kappa shape index (κ3) is 4.55. The first-order chi connectivity index (χ1) is 6.83. The van der Waals surface area contributed by atoms with E-state index < -0.39 is 0 Å². The van der Waals surface area contributed by atoms with Gasteiger partial charge < -0.3 is 5.32 Å². The van der Waals surface area contributed by atoms with Crippen molar-refractivity contribution in [1.29, 1.82) is 0 Å². The second kappa shape index (κ2) is 6.75. The average Bonchev–Trinajstić information content (AvgIpc) is 2.20. The van der Waals surface area contributed by atoms with Crippen LogP contribution in [0.25, 0.3) is 0 Å². The van der Waals surface area contributed by atoms with Crippen molar-refractivity contribution in [2.45, 2.75) is 0 Å². The molecule has 0 bridgehead atoms. The van der Waals surface area contributed by atoms with Crippen LogP contribution in [0.15, 0.2) is 30.3 Å². The molecule has 0 atom stereocenters. The van der Waals surface area contributed by atoms with Crippen LogP contribution in [0.2, 0.25) is 0 Å². The van der Waals surface area contributed by atoms with Gasteiger partial charge in [-0.3, -0.25) is 4.84 Å². The van der Waals surface area contributed by atoms with Crippen molar-refractivity contribution in [1.82, 2.24) is 5.48 Å². The standard InChI is InChI=1S/C9H11BrN2OS/c10-6-7-13-12-9(14)11-8-4-2-1-3-5-8/h1-5H,6-7H2,(H2,11,12,14). The van der Waals surface area contributed by atoms with Gasteiger partial charge in [-0.1, -0.05) is 34.1 Å². The predicted molar refractivity (Wildman–Crippen MR) is 65.5 cm³/mol. The normalized spacial score (nSPS) is 9.50. The monoisotopic (exact) mass is 274 g/mol. The number of hydrogen-bond donors (Lipinski definition) is 2. The maximum Gasteiger partial charge on any atom is 0.195 e. The summed E-state index contributed by atoms with van der Waals surface area (Å²) < 4.78 is 0. The third-order valence-electron chi connectivity index (χ3n) is 1.38. The molecule has 0 aliphatic heterocycles. The van der Waals surface area contributed by atoms with Crippen LogP contribution in [0.1, 0.15) is 0 Å². The second-order valence-electron chi connectivity index (χ2n) is 2.46. The van der Waals surface area contributed by atoms with Gasteiger partial charge in [0.25, 0.3) is 0 Å². The summed E-state index contributed by atoms with van der Waals surface area (Å²) >= 11 is 8.22. The van der Waals surface area contributed by atoms with Gasteiger partial charge in [-0.2, -0.15) is 0 Å². The largest absolute Gasteiger partial charge is 0.331 e. The fourth-order valence-electron chi connectivity index (χ4n) is 0.833. The maximum absolute atomic E-state index is 5.02. The van der Waals surface area contributed by atoms with Crippen molar-refractivity contribution in [3.8, 4) is 0 Å². The maximum atomic E-state index is 5.02.